The van der Waals surface area contributed by atoms with Gasteiger partial charge in [0.15, 0.2) is 0 Å². The molecule has 0 aliphatic carbocycles. The number of aromatic nitrogens is 1. The molecule has 2 N–H and O–H groups in total. The molecule has 0 amide bonds. The molecule has 0 aliphatic rings. The maximum atomic E-state index is 13.2. The lowest BCUT2D eigenvalue weighted by Gasteiger charge is -2.13. The van der Waals surface area contributed by atoms with Crippen molar-refractivity contribution < 1.29 is 8.78 Å². The average molecular weight is 214 g/mol. The fourth-order valence-electron chi connectivity index (χ4n) is 1.16. The summed E-state index contributed by atoms with van der Waals surface area (Å²) >= 11 is 1.39. The van der Waals surface area contributed by atoms with Crippen molar-refractivity contribution in [1.29, 1.82) is 0 Å². The minimum Gasteiger partial charge on any atom is -0.325 e. The number of alkyl halides is 2. The van der Waals surface area contributed by atoms with E-state index >= 15 is 0 Å². The van der Waals surface area contributed by atoms with Crippen molar-refractivity contribution in [3.63, 3.8) is 0 Å². The Bertz CT molecular complexity index is 453. The normalized spacial score (nSPS) is 12.2. The third-order valence-corrected chi connectivity index (χ3v) is 2.83. The van der Waals surface area contributed by atoms with Crippen molar-refractivity contribution in [2.24, 2.45) is 5.73 Å². The van der Waals surface area contributed by atoms with Crippen LogP contribution in [0.25, 0.3) is 10.2 Å². The summed E-state index contributed by atoms with van der Waals surface area (Å²) in [7, 11) is 0. The lowest BCUT2D eigenvalue weighted by molar-refractivity contribution is 0.00579. The van der Waals surface area contributed by atoms with E-state index in [0.717, 1.165) is 10.2 Å². The van der Waals surface area contributed by atoms with Crippen LogP contribution < -0.4 is 5.73 Å². The van der Waals surface area contributed by atoms with Gasteiger partial charge in [-0.15, -0.1) is 11.3 Å². The van der Waals surface area contributed by atoms with Crippen LogP contribution >= 0.6 is 11.3 Å². The van der Waals surface area contributed by atoms with Crippen LogP contribution in [0.3, 0.4) is 0 Å². The molecule has 14 heavy (non-hydrogen) atoms. The molecule has 74 valence electrons. The minimum absolute atomic E-state index is 0.116. The van der Waals surface area contributed by atoms with E-state index in [-0.39, 0.29) is 5.56 Å². The van der Waals surface area contributed by atoms with Crippen molar-refractivity contribution in [3.8, 4) is 0 Å². The number of fused-ring (bicyclic) bond motifs is 1. The highest BCUT2D eigenvalue weighted by atomic mass is 32.1. The van der Waals surface area contributed by atoms with Gasteiger partial charge in [0.2, 0.25) is 0 Å². The number of hydrogen-bond acceptors (Lipinski definition) is 3. The van der Waals surface area contributed by atoms with Gasteiger partial charge in [-0.3, -0.25) is 4.98 Å². The molecule has 0 fully saturated rings. The largest absolute Gasteiger partial charge is 0.325 e. The molecule has 2 heterocycles. The predicted molar refractivity (Wildman–Crippen MR) is 52.6 cm³/mol. The van der Waals surface area contributed by atoms with Crippen LogP contribution in [0.2, 0.25) is 0 Å². The number of hydrogen-bond donors (Lipinski definition) is 1. The maximum Gasteiger partial charge on any atom is 0.286 e. The van der Waals surface area contributed by atoms with Gasteiger partial charge in [-0.25, -0.2) is 0 Å². The van der Waals surface area contributed by atoms with Crippen molar-refractivity contribution in [2.75, 3.05) is 6.54 Å². The molecule has 0 unspecified atom stereocenters. The number of thiophene rings is 1. The number of rotatable bonds is 2. The number of nitrogens with zero attached hydrogens (tertiary/aromatic N) is 1. The first-order valence-electron chi connectivity index (χ1n) is 4.05. The molecule has 2 aromatic heterocycles. The molecule has 0 saturated carbocycles. The molecule has 2 aromatic rings. The first-order valence-corrected chi connectivity index (χ1v) is 4.93. The highest BCUT2D eigenvalue weighted by Gasteiger charge is 2.30. The Kier molecular flexibility index (Phi) is 2.20. The summed E-state index contributed by atoms with van der Waals surface area (Å²) in [6, 6.07) is 3.24. The Morgan fingerprint density at radius 1 is 1.50 bits per heavy atom. The highest BCUT2D eigenvalue weighted by Crippen LogP contribution is 2.29. The van der Waals surface area contributed by atoms with Crippen molar-refractivity contribution in [2.45, 2.75) is 5.92 Å². The van der Waals surface area contributed by atoms with Crippen molar-refractivity contribution in [3.05, 3.63) is 29.3 Å². The van der Waals surface area contributed by atoms with Crippen LogP contribution in [-0.4, -0.2) is 11.5 Å². The van der Waals surface area contributed by atoms with Gasteiger partial charge in [0, 0.05) is 11.8 Å². The zero-order valence-electron chi connectivity index (χ0n) is 7.21. The zero-order chi connectivity index (χ0) is 10.2. The number of halogens is 2. The lowest BCUT2D eigenvalue weighted by Crippen LogP contribution is -2.25. The smallest absolute Gasteiger partial charge is 0.286 e. The molecule has 0 saturated heterocycles. The van der Waals surface area contributed by atoms with E-state index in [9.17, 15) is 8.78 Å². The summed E-state index contributed by atoms with van der Waals surface area (Å²) in [4.78, 5) is 3.93. The fraction of sp³-hybridized carbons (Fsp3) is 0.222. The number of nitrogens with two attached hydrogens (primary N) is 1. The van der Waals surface area contributed by atoms with Crippen LogP contribution in [0.5, 0.6) is 0 Å². The summed E-state index contributed by atoms with van der Waals surface area (Å²) in [5, 5.41) is 1.82. The van der Waals surface area contributed by atoms with Crippen LogP contribution in [-0.2, 0) is 5.92 Å². The standard InChI is InChI=1S/C9H8F2N2S/c10-9(11,5-12)6-3-8-7(13-4-6)1-2-14-8/h1-4H,5,12H2. The van der Waals surface area contributed by atoms with Crippen molar-refractivity contribution in [1.82, 2.24) is 4.98 Å². The monoisotopic (exact) mass is 214 g/mol. The first-order chi connectivity index (χ1) is 6.63. The Morgan fingerprint density at radius 3 is 3.00 bits per heavy atom. The molecule has 2 rings (SSSR count). The van der Waals surface area contributed by atoms with Gasteiger partial charge in [-0.2, -0.15) is 8.78 Å². The SMILES string of the molecule is NCC(F)(F)c1cnc2ccsc2c1. The molecular formula is C9H8F2N2S. The molecule has 0 atom stereocenters. The summed E-state index contributed by atoms with van der Waals surface area (Å²) in [6.07, 6.45) is 1.18. The van der Waals surface area contributed by atoms with E-state index in [1.807, 2.05) is 5.38 Å². The van der Waals surface area contributed by atoms with Gasteiger partial charge in [0.1, 0.15) is 0 Å². The van der Waals surface area contributed by atoms with Crippen LogP contribution in [0.1, 0.15) is 5.56 Å². The Morgan fingerprint density at radius 2 is 2.29 bits per heavy atom. The van der Waals surface area contributed by atoms with E-state index in [0.29, 0.717) is 0 Å². The second-order valence-corrected chi connectivity index (χ2v) is 3.88. The van der Waals surface area contributed by atoms with Crippen LogP contribution in [0.15, 0.2) is 23.7 Å². The Balaban J connectivity index is 2.53. The van der Waals surface area contributed by atoms with Crippen LogP contribution in [0.4, 0.5) is 8.78 Å². The van der Waals surface area contributed by atoms with Gasteiger partial charge in [-0.1, -0.05) is 0 Å². The lowest BCUT2D eigenvalue weighted by atomic mass is 10.1. The molecule has 0 radical (unpaired) electrons. The van der Waals surface area contributed by atoms with Crippen LogP contribution in [0, 0.1) is 0 Å². The average Bonchev–Trinajstić information content (AvgIpc) is 2.64. The molecule has 0 aliphatic heterocycles. The molecule has 0 spiro atoms. The Labute approximate surface area is 83.4 Å². The molecule has 0 bridgehead atoms. The summed E-state index contributed by atoms with van der Waals surface area (Å²) < 4.78 is 27.1. The van der Waals surface area contributed by atoms with Gasteiger partial charge in [-0.05, 0) is 17.5 Å². The van der Waals surface area contributed by atoms with Crippen molar-refractivity contribution >= 4 is 21.6 Å². The number of pyridine rings is 1. The van der Waals surface area contributed by atoms with Gasteiger partial charge < -0.3 is 5.73 Å². The predicted octanol–water partition coefficient (Wildman–Crippen LogP) is 2.35. The summed E-state index contributed by atoms with van der Waals surface area (Å²) in [6.45, 7) is -0.689. The second-order valence-electron chi connectivity index (χ2n) is 2.94. The zero-order valence-corrected chi connectivity index (χ0v) is 8.02. The third kappa shape index (κ3) is 1.49. The minimum atomic E-state index is -2.98. The topological polar surface area (TPSA) is 38.9 Å². The van der Waals surface area contributed by atoms with Gasteiger partial charge >= 0.3 is 0 Å². The molecular weight excluding hydrogens is 206 g/mol. The van der Waals surface area contributed by atoms with E-state index < -0.39 is 12.5 Å². The third-order valence-electron chi connectivity index (χ3n) is 1.98. The molecule has 5 heteroatoms. The fourth-order valence-corrected chi connectivity index (χ4v) is 1.94. The summed E-state index contributed by atoms with van der Waals surface area (Å²) in [5.74, 6) is -2.98. The maximum absolute atomic E-state index is 13.2. The Hall–Kier alpha value is -1.07. The van der Waals surface area contributed by atoms with E-state index in [4.69, 9.17) is 5.73 Å². The van der Waals surface area contributed by atoms with Gasteiger partial charge in [0.25, 0.3) is 5.92 Å². The van der Waals surface area contributed by atoms with Gasteiger partial charge in [0.05, 0.1) is 16.8 Å². The van der Waals surface area contributed by atoms with E-state index in [2.05, 4.69) is 4.98 Å². The van der Waals surface area contributed by atoms with E-state index in [1.165, 1.54) is 23.6 Å². The summed E-state index contributed by atoms with van der Waals surface area (Å²) in [5.41, 5.74) is 5.61. The van der Waals surface area contributed by atoms with E-state index in [1.54, 1.807) is 6.07 Å². The molecule has 2 nitrogen and oxygen atoms in total. The first kappa shape index (κ1) is 9.48. The highest BCUT2D eigenvalue weighted by molar-refractivity contribution is 7.17. The second kappa shape index (κ2) is 3.25. The molecule has 0 aromatic carbocycles. The quantitative estimate of drug-likeness (QED) is 0.833.